The van der Waals surface area contributed by atoms with Crippen LogP contribution in [0.15, 0.2) is 89.9 Å². The van der Waals surface area contributed by atoms with Crippen LogP contribution in [-0.4, -0.2) is 8.97 Å². The summed E-state index contributed by atoms with van der Waals surface area (Å²) >= 11 is 0. The molecule has 2 heterocycles. The van der Waals surface area contributed by atoms with Crippen LogP contribution >= 0.6 is 0 Å². The Morgan fingerprint density at radius 1 is 0.667 bits per heavy atom. The quantitative estimate of drug-likeness (QED) is 0.451. The third-order valence-corrected chi connectivity index (χ3v) is 4.52. The lowest BCUT2D eigenvalue weighted by Crippen LogP contribution is -2.21. The van der Waals surface area contributed by atoms with Crippen molar-refractivity contribution in [3.05, 3.63) is 95.4 Å². The molecule has 0 aliphatic rings. The van der Waals surface area contributed by atoms with E-state index in [1.807, 2.05) is 71.3 Å². The summed E-state index contributed by atoms with van der Waals surface area (Å²) in [5, 5.41) is 2.91. The van der Waals surface area contributed by atoms with Crippen LogP contribution in [0.2, 0.25) is 0 Å². The van der Waals surface area contributed by atoms with Gasteiger partial charge in [0.15, 0.2) is 0 Å². The second-order valence-corrected chi connectivity index (χ2v) is 5.90. The van der Waals surface area contributed by atoms with Crippen molar-refractivity contribution in [1.29, 1.82) is 0 Å². The Hall–Kier alpha value is -3.33. The molecule has 0 fully saturated rings. The summed E-state index contributed by atoms with van der Waals surface area (Å²) in [6, 6.07) is 25.8. The Kier molecular flexibility index (Phi) is 2.65. The van der Waals surface area contributed by atoms with Crippen LogP contribution in [0, 0.1) is 0 Å². The fraction of sp³-hybridized carbons (Fsp3) is 0. The average Bonchev–Trinajstić information content (AvgIpc) is 3.03. The molecule has 2 aromatic heterocycles. The predicted octanol–water partition coefficient (Wildman–Crippen LogP) is 4.40. The molecule has 0 N–H and O–H groups in total. The van der Waals surface area contributed by atoms with Gasteiger partial charge >= 0.3 is 0 Å². The zero-order valence-corrected chi connectivity index (χ0v) is 12.9. The van der Waals surface area contributed by atoms with Gasteiger partial charge in [0.05, 0.1) is 16.6 Å². The van der Waals surface area contributed by atoms with Crippen molar-refractivity contribution in [2.75, 3.05) is 0 Å². The van der Waals surface area contributed by atoms with Crippen LogP contribution in [0.3, 0.4) is 0 Å². The van der Waals surface area contributed by atoms with E-state index >= 15 is 0 Å². The fourth-order valence-corrected chi connectivity index (χ4v) is 3.45. The summed E-state index contributed by atoms with van der Waals surface area (Å²) < 4.78 is 3.93. The van der Waals surface area contributed by atoms with Crippen LogP contribution in [0.25, 0.3) is 33.0 Å². The number of hydrogen-bond donors (Lipinski definition) is 0. The topological polar surface area (TPSA) is 26.4 Å². The summed E-state index contributed by atoms with van der Waals surface area (Å²) in [6.07, 6.45) is 2.10. The van der Waals surface area contributed by atoms with E-state index in [1.54, 1.807) is 0 Å². The number of para-hydroxylation sites is 2. The molecule has 24 heavy (non-hydrogen) atoms. The van der Waals surface area contributed by atoms with E-state index in [0.717, 1.165) is 27.6 Å². The Labute approximate surface area is 138 Å². The van der Waals surface area contributed by atoms with E-state index in [0.29, 0.717) is 5.39 Å². The highest BCUT2D eigenvalue weighted by molar-refractivity contribution is 5.99. The van der Waals surface area contributed by atoms with Gasteiger partial charge in [0, 0.05) is 17.0 Å². The Balaban J connectivity index is 2.14. The molecular weight excluding hydrogens is 296 g/mol. The molecule has 5 rings (SSSR count). The fourth-order valence-electron chi connectivity index (χ4n) is 3.45. The minimum Gasteiger partial charge on any atom is -0.301 e. The maximum atomic E-state index is 13.2. The number of fused-ring (bicyclic) bond motifs is 5. The first-order valence-corrected chi connectivity index (χ1v) is 7.93. The molecule has 3 nitrogen and oxygen atoms in total. The molecule has 0 saturated heterocycles. The van der Waals surface area contributed by atoms with Gasteiger partial charge in [-0.05, 0) is 24.3 Å². The van der Waals surface area contributed by atoms with Gasteiger partial charge in [0.2, 0.25) is 0 Å². The van der Waals surface area contributed by atoms with Crippen molar-refractivity contribution in [3.8, 4) is 5.69 Å². The molecule has 0 atom stereocenters. The molecule has 114 valence electrons. The van der Waals surface area contributed by atoms with E-state index in [2.05, 4.69) is 22.7 Å². The summed E-state index contributed by atoms with van der Waals surface area (Å²) in [5.41, 5.74) is 2.72. The summed E-state index contributed by atoms with van der Waals surface area (Å²) in [5.74, 6) is 0. The molecule has 0 aliphatic carbocycles. The number of hydrogen-bond acceptors (Lipinski definition) is 1. The Morgan fingerprint density at radius 3 is 2.17 bits per heavy atom. The minimum atomic E-state index is 0.00755. The molecular formula is C21H14N2O. The van der Waals surface area contributed by atoms with Crippen LogP contribution in [0.1, 0.15) is 0 Å². The van der Waals surface area contributed by atoms with E-state index in [9.17, 15) is 4.79 Å². The largest absolute Gasteiger partial charge is 0.301 e. The van der Waals surface area contributed by atoms with E-state index in [4.69, 9.17) is 0 Å². The van der Waals surface area contributed by atoms with E-state index in [-0.39, 0.29) is 5.56 Å². The molecule has 0 radical (unpaired) electrons. The predicted molar refractivity (Wildman–Crippen MR) is 98.0 cm³/mol. The van der Waals surface area contributed by atoms with Crippen molar-refractivity contribution < 1.29 is 0 Å². The zero-order valence-electron chi connectivity index (χ0n) is 12.9. The molecule has 0 bridgehead atoms. The lowest BCUT2D eigenvalue weighted by molar-refractivity contribution is 1.00. The maximum absolute atomic E-state index is 13.2. The molecule has 0 saturated carbocycles. The van der Waals surface area contributed by atoms with Crippen molar-refractivity contribution in [1.82, 2.24) is 8.97 Å². The van der Waals surface area contributed by atoms with Crippen LogP contribution in [-0.2, 0) is 0 Å². The van der Waals surface area contributed by atoms with Crippen LogP contribution in [0.5, 0.6) is 0 Å². The highest BCUT2D eigenvalue weighted by atomic mass is 16.1. The van der Waals surface area contributed by atoms with Crippen molar-refractivity contribution in [2.45, 2.75) is 0 Å². The van der Waals surface area contributed by atoms with Crippen LogP contribution in [0.4, 0.5) is 0 Å². The lowest BCUT2D eigenvalue weighted by atomic mass is 10.2. The monoisotopic (exact) mass is 310 g/mol. The van der Waals surface area contributed by atoms with E-state index in [1.165, 1.54) is 0 Å². The van der Waals surface area contributed by atoms with Gasteiger partial charge in [0.1, 0.15) is 5.65 Å². The molecule has 3 heteroatoms. The standard InChI is InChI=1S/C21H14N2O/c24-21-18-12-6-7-13-19(18)22-14-15-8-4-5-11-17(15)20(22)23(21)16-9-2-1-3-10-16/h1-14H. The molecule has 0 spiro atoms. The van der Waals surface area contributed by atoms with Crippen molar-refractivity contribution in [3.63, 3.8) is 0 Å². The second kappa shape index (κ2) is 4.83. The molecule has 5 aromatic rings. The van der Waals surface area contributed by atoms with Crippen molar-refractivity contribution in [2.24, 2.45) is 0 Å². The smallest absolute Gasteiger partial charge is 0.266 e. The van der Waals surface area contributed by atoms with Crippen LogP contribution < -0.4 is 5.56 Å². The summed E-state index contributed by atoms with van der Waals surface area (Å²) in [6.45, 7) is 0. The minimum absolute atomic E-state index is 0.00755. The molecule has 0 amide bonds. The van der Waals surface area contributed by atoms with Gasteiger partial charge in [-0.2, -0.15) is 0 Å². The van der Waals surface area contributed by atoms with Crippen molar-refractivity contribution >= 4 is 27.3 Å². The van der Waals surface area contributed by atoms with Gasteiger partial charge in [-0.25, -0.2) is 0 Å². The summed E-state index contributed by atoms with van der Waals surface area (Å²) in [7, 11) is 0. The average molecular weight is 310 g/mol. The Bertz CT molecular complexity index is 1260. The van der Waals surface area contributed by atoms with Gasteiger partial charge in [-0.15, -0.1) is 0 Å². The lowest BCUT2D eigenvalue weighted by Gasteiger charge is -2.12. The van der Waals surface area contributed by atoms with Gasteiger partial charge in [0.25, 0.3) is 5.56 Å². The summed E-state index contributed by atoms with van der Waals surface area (Å²) in [4.78, 5) is 13.2. The first kappa shape index (κ1) is 13.1. The normalized spacial score (nSPS) is 11.5. The van der Waals surface area contributed by atoms with E-state index < -0.39 is 0 Å². The van der Waals surface area contributed by atoms with Gasteiger partial charge < -0.3 is 4.40 Å². The number of rotatable bonds is 1. The third-order valence-electron chi connectivity index (χ3n) is 4.52. The zero-order chi connectivity index (χ0) is 16.1. The number of nitrogens with zero attached hydrogens (tertiary/aromatic N) is 2. The second-order valence-electron chi connectivity index (χ2n) is 5.90. The highest BCUT2D eigenvalue weighted by Crippen LogP contribution is 2.26. The first-order chi connectivity index (χ1) is 11.8. The number of aromatic nitrogens is 2. The number of benzene rings is 3. The third kappa shape index (κ3) is 1.69. The SMILES string of the molecule is O=c1c2ccccc2n2cc3ccccc3c2n1-c1ccccc1. The molecule has 0 aliphatic heterocycles. The van der Waals surface area contributed by atoms with Gasteiger partial charge in [-0.3, -0.25) is 9.36 Å². The molecule has 3 aromatic carbocycles. The molecule has 0 unspecified atom stereocenters. The Morgan fingerprint density at radius 2 is 1.33 bits per heavy atom. The highest BCUT2D eigenvalue weighted by Gasteiger charge is 2.15. The van der Waals surface area contributed by atoms with Gasteiger partial charge in [-0.1, -0.05) is 54.6 Å². The maximum Gasteiger partial charge on any atom is 0.266 e. The first-order valence-electron chi connectivity index (χ1n) is 7.93.